The molecule has 1 aromatic carbocycles. The zero-order valence-corrected chi connectivity index (χ0v) is 12.2. The number of rotatable bonds is 4. The molecule has 2 unspecified atom stereocenters. The highest BCUT2D eigenvalue weighted by atomic mass is 16.3. The number of carbonyl (C=O) groups excluding carboxylic acids is 1. The lowest BCUT2D eigenvalue weighted by molar-refractivity contribution is -0.119. The van der Waals surface area contributed by atoms with Gasteiger partial charge in [0.05, 0.1) is 11.5 Å². The van der Waals surface area contributed by atoms with E-state index < -0.39 is 11.5 Å². The van der Waals surface area contributed by atoms with Crippen molar-refractivity contribution < 1.29 is 9.90 Å². The van der Waals surface area contributed by atoms with Gasteiger partial charge in [-0.05, 0) is 43.4 Å². The van der Waals surface area contributed by atoms with Crippen LogP contribution in [0.3, 0.4) is 0 Å². The Balaban J connectivity index is 2.32. The van der Waals surface area contributed by atoms with E-state index in [2.05, 4.69) is 19.2 Å². The molecule has 0 saturated heterocycles. The molecule has 1 aliphatic rings. The lowest BCUT2D eigenvalue weighted by Gasteiger charge is -2.21. The first kappa shape index (κ1) is 14.1. The highest BCUT2D eigenvalue weighted by Crippen LogP contribution is 2.39. The summed E-state index contributed by atoms with van der Waals surface area (Å²) in [5, 5.41) is 13.3. The van der Waals surface area contributed by atoms with Gasteiger partial charge in [-0.1, -0.05) is 32.4 Å². The van der Waals surface area contributed by atoms with E-state index in [1.165, 1.54) is 0 Å². The van der Waals surface area contributed by atoms with E-state index in [0.717, 1.165) is 29.7 Å². The number of amides is 1. The maximum absolute atomic E-state index is 11.9. The van der Waals surface area contributed by atoms with Crippen LogP contribution < -0.4 is 5.32 Å². The normalized spacial score (nSPS) is 19.7. The monoisotopic (exact) mass is 261 g/mol. The van der Waals surface area contributed by atoms with E-state index in [0.29, 0.717) is 0 Å². The summed E-state index contributed by atoms with van der Waals surface area (Å²) < 4.78 is 0. The van der Waals surface area contributed by atoms with E-state index in [1.807, 2.05) is 32.0 Å². The molecule has 0 spiro atoms. The summed E-state index contributed by atoms with van der Waals surface area (Å²) in [6, 6.07) is 5.79. The molecule has 0 fully saturated rings. The van der Waals surface area contributed by atoms with E-state index in [1.54, 1.807) is 0 Å². The van der Waals surface area contributed by atoms with Crippen molar-refractivity contribution in [2.75, 3.05) is 5.32 Å². The van der Waals surface area contributed by atoms with Gasteiger partial charge in [-0.15, -0.1) is 0 Å². The number of carbonyl (C=O) groups is 1. The average molecular weight is 261 g/mol. The van der Waals surface area contributed by atoms with Crippen LogP contribution >= 0.6 is 0 Å². The molecule has 0 bridgehead atoms. The second-order valence-electron chi connectivity index (χ2n) is 6.09. The predicted octanol–water partition coefficient (Wildman–Crippen LogP) is 3.39. The Hall–Kier alpha value is -1.35. The molecule has 0 aromatic heterocycles. The SMILES string of the molecule is CCCC(C)C(O)c1ccc2c(c1)C(C)(C)C(=O)N2. The molecule has 2 atom stereocenters. The number of anilines is 1. The number of hydrogen-bond acceptors (Lipinski definition) is 2. The third-order valence-electron chi connectivity index (χ3n) is 4.16. The second kappa shape index (κ2) is 4.97. The van der Waals surface area contributed by atoms with Crippen LogP contribution in [0.1, 0.15) is 57.8 Å². The highest BCUT2D eigenvalue weighted by Gasteiger charge is 2.38. The Bertz CT molecular complexity index is 494. The highest BCUT2D eigenvalue weighted by molar-refractivity contribution is 6.05. The molecule has 19 heavy (non-hydrogen) atoms. The summed E-state index contributed by atoms with van der Waals surface area (Å²) >= 11 is 0. The minimum atomic E-state index is -0.515. The fourth-order valence-corrected chi connectivity index (χ4v) is 2.71. The maximum Gasteiger partial charge on any atom is 0.234 e. The Kier molecular flexibility index (Phi) is 3.68. The molecule has 3 heteroatoms. The summed E-state index contributed by atoms with van der Waals surface area (Å²) in [6.45, 7) is 8.02. The summed E-state index contributed by atoms with van der Waals surface area (Å²) in [6.07, 6.45) is 1.60. The van der Waals surface area contributed by atoms with Crippen molar-refractivity contribution in [3.8, 4) is 0 Å². The van der Waals surface area contributed by atoms with Crippen LogP contribution in [0.5, 0.6) is 0 Å². The lowest BCUT2D eigenvalue weighted by Crippen LogP contribution is -2.27. The molecule has 1 aromatic rings. The Labute approximate surface area is 115 Å². The first-order valence-corrected chi connectivity index (χ1v) is 7.02. The van der Waals surface area contributed by atoms with Crippen LogP contribution in [-0.2, 0) is 10.2 Å². The third-order valence-corrected chi connectivity index (χ3v) is 4.16. The van der Waals surface area contributed by atoms with Gasteiger partial charge < -0.3 is 10.4 Å². The van der Waals surface area contributed by atoms with Gasteiger partial charge in [0.25, 0.3) is 0 Å². The van der Waals surface area contributed by atoms with E-state index in [-0.39, 0.29) is 11.8 Å². The van der Waals surface area contributed by atoms with E-state index in [4.69, 9.17) is 0 Å². The number of fused-ring (bicyclic) bond motifs is 1. The topological polar surface area (TPSA) is 49.3 Å². The largest absolute Gasteiger partial charge is 0.388 e. The van der Waals surface area contributed by atoms with Gasteiger partial charge in [-0.3, -0.25) is 4.79 Å². The van der Waals surface area contributed by atoms with Crippen molar-refractivity contribution in [2.24, 2.45) is 5.92 Å². The first-order valence-electron chi connectivity index (χ1n) is 7.02. The number of hydrogen-bond donors (Lipinski definition) is 2. The van der Waals surface area contributed by atoms with Crippen molar-refractivity contribution >= 4 is 11.6 Å². The first-order chi connectivity index (χ1) is 8.87. The quantitative estimate of drug-likeness (QED) is 0.873. The molecule has 1 heterocycles. The number of nitrogens with one attached hydrogen (secondary N) is 1. The predicted molar refractivity (Wildman–Crippen MR) is 77.1 cm³/mol. The van der Waals surface area contributed by atoms with Gasteiger partial charge in [0.2, 0.25) is 5.91 Å². The molecule has 1 amide bonds. The van der Waals surface area contributed by atoms with Crippen LogP contribution in [0.25, 0.3) is 0 Å². The van der Waals surface area contributed by atoms with Crippen molar-refractivity contribution in [1.82, 2.24) is 0 Å². The molecular formula is C16H23NO2. The van der Waals surface area contributed by atoms with Crippen LogP contribution in [0, 0.1) is 5.92 Å². The zero-order valence-electron chi connectivity index (χ0n) is 12.2. The van der Waals surface area contributed by atoms with Crippen molar-refractivity contribution in [1.29, 1.82) is 0 Å². The molecule has 2 N–H and O–H groups in total. The van der Waals surface area contributed by atoms with Gasteiger partial charge in [0, 0.05) is 5.69 Å². The van der Waals surface area contributed by atoms with Crippen molar-refractivity contribution in [2.45, 2.75) is 52.1 Å². The van der Waals surface area contributed by atoms with Crippen LogP contribution in [0.2, 0.25) is 0 Å². The average Bonchev–Trinajstić information content (AvgIpc) is 2.59. The minimum absolute atomic E-state index is 0.0238. The van der Waals surface area contributed by atoms with Gasteiger partial charge in [0.1, 0.15) is 0 Å². The standard InChI is InChI=1S/C16H23NO2/c1-5-6-10(2)14(18)11-7-8-13-12(9-11)16(3,4)15(19)17-13/h7-10,14,18H,5-6H2,1-4H3,(H,17,19). The Morgan fingerprint density at radius 2 is 2.05 bits per heavy atom. The number of aliphatic hydroxyl groups excluding tert-OH is 1. The van der Waals surface area contributed by atoms with Gasteiger partial charge in [-0.2, -0.15) is 0 Å². The third kappa shape index (κ3) is 2.39. The molecule has 0 radical (unpaired) electrons. The smallest absolute Gasteiger partial charge is 0.234 e. The van der Waals surface area contributed by atoms with Crippen LogP contribution in [-0.4, -0.2) is 11.0 Å². The fourth-order valence-electron chi connectivity index (χ4n) is 2.71. The maximum atomic E-state index is 11.9. The van der Waals surface area contributed by atoms with Gasteiger partial charge >= 0.3 is 0 Å². The van der Waals surface area contributed by atoms with Crippen molar-refractivity contribution in [3.05, 3.63) is 29.3 Å². The number of benzene rings is 1. The molecule has 104 valence electrons. The molecule has 2 rings (SSSR count). The fraction of sp³-hybridized carbons (Fsp3) is 0.562. The van der Waals surface area contributed by atoms with E-state index >= 15 is 0 Å². The second-order valence-corrected chi connectivity index (χ2v) is 6.09. The molecule has 0 aliphatic carbocycles. The molecule has 1 aliphatic heterocycles. The van der Waals surface area contributed by atoms with Gasteiger partial charge in [0.15, 0.2) is 0 Å². The Morgan fingerprint density at radius 1 is 1.37 bits per heavy atom. The van der Waals surface area contributed by atoms with E-state index in [9.17, 15) is 9.90 Å². The summed E-state index contributed by atoms with van der Waals surface area (Å²) in [4.78, 5) is 11.9. The van der Waals surface area contributed by atoms with Crippen LogP contribution in [0.4, 0.5) is 5.69 Å². The van der Waals surface area contributed by atoms with Crippen molar-refractivity contribution in [3.63, 3.8) is 0 Å². The zero-order chi connectivity index (χ0) is 14.2. The number of aliphatic hydroxyl groups is 1. The molecule has 3 nitrogen and oxygen atoms in total. The lowest BCUT2D eigenvalue weighted by atomic mass is 9.83. The Morgan fingerprint density at radius 3 is 2.68 bits per heavy atom. The molecule has 0 saturated carbocycles. The summed E-state index contributed by atoms with van der Waals surface area (Å²) in [5.41, 5.74) is 2.25. The molecular weight excluding hydrogens is 238 g/mol. The van der Waals surface area contributed by atoms with Gasteiger partial charge in [-0.25, -0.2) is 0 Å². The summed E-state index contributed by atoms with van der Waals surface area (Å²) in [5.74, 6) is 0.256. The minimum Gasteiger partial charge on any atom is -0.388 e. The van der Waals surface area contributed by atoms with Crippen LogP contribution in [0.15, 0.2) is 18.2 Å². The summed E-state index contributed by atoms with van der Waals surface area (Å²) in [7, 11) is 0.